The lowest BCUT2D eigenvalue weighted by molar-refractivity contribution is 0.0948. The van der Waals surface area contributed by atoms with E-state index in [2.05, 4.69) is 20.6 Å². The van der Waals surface area contributed by atoms with Gasteiger partial charge in [-0.1, -0.05) is 6.92 Å². The summed E-state index contributed by atoms with van der Waals surface area (Å²) in [6, 6.07) is 5.43. The minimum absolute atomic E-state index is 0.225. The van der Waals surface area contributed by atoms with E-state index in [-0.39, 0.29) is 11.6 Å². The fourth-order valence-corrected chi connectivity index (χ4v) is 1.90. The topological polar surface area (TPSA) is 85.4 Å². The predicted molar refractivity (Wildman–Crippen MR) is 87.5 cm³/mol. The van der Waals surface area contributed by atoms with Crippen LogP contribution in [0.5, 0.6) is 11.5 Å². The van der Waals surface area contributed by atoms with Crippen LogP contribution in [0.15, 0.2) is 30.6 Å². The Balaban J connectivity index is 2.07. The molecule has 0 aliphatic rings. The molecule has 0 fully saturated rings. The minimum atomic E-state index is -0.225. The van der Waals surface area contributed by atoms with E-state index in [9.17, 15) is 4.79 Å². The Hall–Kier alpha value is -2.83. The summed E-state index contributed by atoms with van der Waals surface area (Å²) >= 11 is 0. The highest BCUT2D eigenvalue weighted by Gasteiger charge is 2.08. The number of ether oxygens (including phenoxy) is 2. The second-order valence-corrected chi connectivity index (χ2v) is 4.74. The normalized spacial score (nSPS) is 10.0. The van der Waals surface area contributed by atoms with E-state index in [1.807, 2.05) is 13.0 Å². The second-order valence-electron chi connectivity index (χ2n) is 4.74. The summed E-state index contributed by atoms with van der Waals surface area (Å²) in [5.41, 5.74) is 1.07. The molecule has 0 saturated heterocycles. The Morgan fingerprint density at radius 1 is 1.13 bits per heavy atom. The second kappa shape index (κ2) is 7.98. The SMILES string of the molecule is CCCNC(=O)c1cnc(Nc2ccc(OC)c(OC)c2)cn1. The van der Waals surface area contributed by atoms with E-state index < -0.39 is 0 Å². The summed E-state index contributed by atoms with van der Waals surface area (Å²) in [7, 11) is 3.16. The number of carbonyl (C=O) groups is 1. The molecule has 7 heteroatoms. The first-order valence-electron chi connectivity index (χ1n) is 7.27. The molecule has 1 aromatic carbocycles. The monoisotopic (exact) mass is 316 g/mol. The third kappa shape index (κ3) is 4.32. The standard InChI is InChI=1S/C16H20N4O3/c1-4-7-17-16(21)12-9-19-15(10-18-12)20-11-5-6-13(22-2)14(8-11)23-3/h5-6,8-10H,4,7H2,1-3H3,(H,17,21)(H,19,20). The smallest absolute Gasteiger partial charge is 0.271 e. The average molecular weight is 316 g/mol. The highest BCUT2D eigenvalue weighted by atomic mass is 16.5. The van der Waals surface area contributed by atoms with Crippen LogP contribution in [0.1, 0.15) is 23.8 Å². The summed E-state index contributed by atoms with van der Waals surface area (Å²) in [5.74, 6) is 1.56. The molecule has 0 unspecified atom stereocenters. The van der Waals surface area contributed by atoms with Crippen molar-refractivity contribution in [3.05, 3.63) is 36.3 Å². The molecule has 23 heavy (non-hydrogen) atoms. The number of rotatable bonds is 7. The highest BCUT2D eigenvalue weighted by Crippen LogP contribution is 2.30. The van der Waals surface area contributed by atoms with Crippen LogP contribution in [-0.4, -0.2) is 36.6 Å². The first-order chi connectivity index (χ1) is 11.2. The Morgan fingerprint density at radius 3 is 2.52 bits per heavy atom. The number of hydrogen-bond acceptors (Lipinski definition) is 6. The number of aromatic nitrogens is 2. The molecule has 0 spiro atoms. The van der Waals surface area contributed by atoms with Crippen LogP contribution in [0.2, 0.25) is 0 Å². The molecule has 1 aromatic heterocycles. The zero-order valence-corrected chi connectivity index (χ0v) is 13.4. The van der Waals surface area contributed by atoms with E-state index in [4.69, 9.17) is 9.47 Å². The van der Waals surface area contributed by atoms with Gasteiger partial charge in [0.2, 0.25) is 0 Å². The molecule has 0 saturated carbocycles. The Kier molecular flexibility index (Phi) is 5.74. The van der Waals surface area contributed by atoms with Crippen molar-refractivity contribution < 1.29 is 14.3 Å². The Bertz CT molecular complexity index is 659. The summed E-state index contributed by atoms with van der Waals surface area (Å²) in [4.78, 5) is 20.1. The van der Waals surface area contributed by atoms with Crippen LogP contribution in [0.4, 0.5) is 11.5 Å². The van der Waals surface area contributed by atoms with Gasteiger partial charge in [-0.2, -0.15) is 0 Å². The fraction of sp³-hybridized carbons (Fsp3) is 0.312. The lowest BCUT2D eigenvalue weighted by atomic mass is 10.2. The third-order valence-electron chi connectivity index (χ3n) is 3.08. The number of anilines is 2. The molecule has 2 rings (SSSR count). The van der Waals surface area contributed by atoms with Gasteiger partial charge in [-0.15, -0.1) is 0 Å². The van der Waals surface area contributed by atoms with Gasteiger partial charge in [0.15, 0.2) is 11.5 Å². The van der Waals surface area contributed by atoms with Gasteiger partial charge in [-0.3, -0.25) is 4.79 Å². The van der Waals surface area contributed by atoms with Crippen LogP contribution in [0, 0.1) is 0 Å². The van der Waals surface area contributed by atoms with Crippen LogP contribution >= 0.6 is 0 Å². The first-order valence-corrected chi connectivity index (χ1v) is 7.27. The number of carbonyl (C=O) groups excluding carboxylic acids is 1. The number of nitrogens with one attached hydrogen (secondary N) is 2. The fourth-order valence-electron chi connectivity index (χ4n) is 1.90. The van der Waals surface area contributed by atoms with Gasteiger partial charge in [-0.25, -0.2) is 9.97 Å². The quantitative estimate of drug-likeness (QED) is 0.816. The molecule has 1 heterocycles. The molecule has 0 radical (unpaired) electrons. The van der Waals surface area contributed by atoms with E-state index in [0.717, 1.165) is 12.1 Å². The molecular weight excluding hydrogens is 296 g/mol. The van der Waals surface area contributed by atoms with Gasteiger partial charge in [-0.05, 0) is 18.6 Å². The maximum atomic E-state index is 11.8. The molecule has 122 valence electrons. The van der Waals surface area contributed by atoms with Crippen molar-refractivity contribution in [3.63, 3.8) is 0 Å². The minimum Gasteiger partial charge on any atom is -0.493 e. The van der Waals surface area contributed by atoms with Crippen molar-refractivity contribution in [3.8, 4) is 11.5 Å². The average Bonchev–Trinajstić information content (AvgIpc) is 2.60. The van der Waals surface area contributed by atoms with Crippen LogP contribution in [0.25, 0.3) is 0 Å². The molecule has 0 atom stereocenters. The lowest BCUT2D eigenvalue weighted by Gasteiger charge is -2.11. The molecule has 7 nitrogen and oxygen atoms in total. The molecule has 1 amide bonds. The highest BCUT2D eigenvalue weighted by molar-refractivity contribution is 5.92. The number of amides is 1. The summed E-state index contributed by atoms with van der Waals surface area (Å²) < 4.78 is 10.4. The number of hydrogen-bond donors (Lipinski definition) is 2. The summed E-state index contributed by atoms with van der Waals surface area (Å²) in [5, 5.41) is 5.85. The van der Waals surface area contributed by atoms with Crippen molar-refractivity contribution in [2.24, 2.45) is 0 Å². The van der Waals surface area contributed by atoms with E-state index in [0.29, 0.717) is 23.9 Å². The largest absolute Gasteiger partial charge is 0.493 e. The van der Waals surface area contributed by atoms with E-state index in [1.54, 1.807) is 26.4 Å². The van der Waals surface area contributed by atoms with Gasteiger partial charge in [0.05, 0.1) is 26.6 Å². The summed E-state index contributed by atoms with van der Waals surface area (Å²) in [6.07, 6.45) is 3.82. The van der Waals surface area contributed by atoms with Crippen molar-refractivity contribution in [1.29, 1.82) is 0 Å². The van der Waals surface area contributed by atoms with Crippen LogP contribution in [-0.2, 0) is 0 Å². The van der Waals surface area contributed by atoms with E-state index >= 15 is 0 Å². The molecule has 2 aromatic rings. The van der Waals surface area contributed by atoms with Crippen molar-refractivity contribution in [2.75, 3.05) is 26.1 Å². The predicted octanol–water partition coefficient (Wildman–Crippen LogP) is 2.38. The Labute approximate surface area is 135 Å². The van der Waals surface area contributed by atoms with Crippen molar-refractivity contribution in [2.45, 2.75) is 13.3 Å². The molecule has 0 aliphatic heterocycles. The molecule has 0 aliphatic carbocycles. The Morgan fingerprint density at radius 2 is 1.91 bits per heavy atom. The van der Waals surface area contributed by atoms with Gasteiger partial charge >= 0.3 is 0 Å². The maximum Gasteiger partial charge on any atom is 0.271 e. The molecule has 2 N–H and O–H groups in total. The molecule has 0 bridgehead atoms. The van der Waals surface area contributed by atoms with Crippen LogP contribution < -0.4 is 20.1 Å². The van der Waals surface area contributed by atoms with Gasteiger partial charge in [0, 0.05) is 18.3 Å². The van der Waals surface area contributed by atoms with Crippen molar-refractivity contribution >= 4 is 17.4 Å². The number of nitrogens with zero attached hydrogens (tertiary/aromatic N) is 2. The van der Waals surface area contributed by atoms with Crippen LogP contribution in [0.3, 0.4) is 0 Å². The summed E-state index contributed by atoms with van der Waals surface area (Å²) in [6.45, 7) is 2.61. The van der Waals surface area contributed by atoms with Crippen molar-refractivity contribution in [1.82, 2.24) is 15.3 Å². The lowest BCUT2D eigenvalue weighted by Crippen LogP contribution is -2.25. The number of benzene rings is 1. The number of methoxy groups -OCH3 is 2. The van der Waals surface area contributed by atoms with Gasteiger partial charge in [0.1, 0.15) is 11.5 Å². The van der Waals surface area contributed by atoms with Gasteiger partial charge < -0.3 is 20.1 Å². The first kappa shape index (κ1) is 16.5. The molecular formula is C16H20N4O3. The zero-order valence-electron chi connectivity index (χ0n) is 13.4. The van der Waals surface area contributed by atoms with E-state index in [1.165, 1.54) is 12.4 Å². The maximum absolute atomic E-state index is 11.8. The third-order valence-corrected chi connectivity index (χ3v) is 3.08. The zero-order chi connectivity index (χ0) is 16.7. The van der Waals surface area contributed by atoms with Gasteiger partial charge in [0.25, 0.3) is 5.91 Å².